The Morgan fingerprint density at radius 2 is 1.55 bits per heavy atom. The lowest BCUT2D eigenvalue weighted by atomic mass is 9.97. The van der Waals surface area contributed by atoms with Crippen LogP contribution >= 0.6 is 31.9 Å². The number of carbonyl (C=O) groups excluding carboxylic acids is 4. The molecule has 2 amide bonds. The van der Waals surface area contributed by atoms with E-state index in [-0.39, 0.29) is 22.8 Å². The summed E-state index contributed by atoms with van der Waals surface area (Å²) in [5.41, 5.74) is 1.07. The lowest BCUT2D eigenvalue weighted by Crippen LogP contribution is -2.42. The first-order valence-electron chi connectivity index (χ1n) is 12.0. The summed E-state index contributed by atoms with van der Waals surface area (Å²) in [7, 11) is 0. The van der Waals surface area contributed by atoms with E-state index in [1.54, 1.807) is 87.5 Å². The average molecular weight is 642 g/mol. The number of nitrogens with zero attached hydrogens (tertiary/aromatic N) is 1. The number of hydrogen-bond donors (Lipinski definition) is 1. The highest BCUT2D eigenvalue weighted by Gasteiger charge is 2.35. The van der Waals surface area contributed by atoms with Crippen molar-refractivity contribution in [3.05, 3.63) is 97.9 Å². The van der Waals surface area contributed by atoms with Crippen molar-refractivity contribution >= 4 is 61.1 Å². The van der Waals surface area contributed by atoms with Gasteiger partial charge in [0.2, 0.25) is 5.91 Å². The van der Waals surface area contributed by atoms with E-state index in [2.05, 4.69) is 37.2 Å². The molecule has 0 radical (unpaired) electrons. The first kappa shape index (κ1) is 27.7. The summed E-state index contributed by atoms with van der Waals surface area (Å²) in [5, 5.41) is 2.79. The SMILES string of the molecule is CC(C)(C)OC(=O)c1cc(Br)cc(N2CCC(NC(=O)c3ccccc3C(=O)c3ccc(Br)cc3)C2=O)c1. The van der Waals surface area contributed by atoms with Gasteiger partial charge in [-0.25, -0.2) is 4.79 Å². The van der Waals surface area contributed by atoms with E-state index in [4.69, 9.17) is 4.74 Å². The average Bonchev–Trinajstić information content (AvgIpc) is 3.22. The molecule has 4 rings (SSSR count). The van der Waals surface area contributed by atoms with Crippen LogP contribution in [0.15, 0.2) is 75.7 Å². The number of rotatable bonds is 6. The maximum Gasteiger partial charge on any atom is 0.338 e. The minimum Gasteiger partial charge on any atom is -0.456 e. The lowest BCUT2D eigenvalue weighted by Gasteiger charge is -2.21. The van der Waals surface area contributed by atoms with Crippen molar-refractivity contribution in [1.82, 2.24) is 5.32 Å². The second-order valence-corrected chi connectivity index (χ2v) is 11.7. The smallest absolute Gasteiger partial charge is 0.338 e. The van der Waals surface area contributed by atoms with Gasteiger partial charge in [0, 0.05) is 32.3 Å². The Hall–Kier alpha value is -3.30. The van der Waals surface area contributed by atoms with Crippen LogP contribution in [0.2, 0.25) is 0 Å². The molecule has 0 aliphatic carbocycles. The highest BCUT2D eigenvalue weighted by atomic mass is 79.9. The van der Waals surface area contributed by atoms with E-state index >= 15 is 0 Å². The molecule has 1 N–H and O–H groups in total. The number of carbonyl (C=O) groups is 4. The standard InChI is InChI=1S/C29H26Br2N2O5/c1-29(2,3)38-28(37)18-14-20(31)16-21(15-18)33-13-12-24(27(33)36)32-26(35)23-7-5-4-6-22(23)25(34)17-8-10-19(30)11-9-17/h4-11,14-16,24H,12-13H2,1-3H3,(H,32,35). The molecular formula is C29H26Br2N2O5. The number of amides is 2. The molecule has 1 saturated heterocycles. The van der Waals surface area contributed by atoms with E-state index in [9.17, 15) is 19.2 Å². The summed E-state index contributed by atoms with van der Waals surface area (Å²) < 4.78 is 6.93. The van der Waals surface area contributed by atoms with Gasteiger partial charge in [0.15, 0.2) is 5.78 Å². The van der Waals surface area contributed by atoms with E-state index in [1.165, 1.54) is 4.90 Å². The zero-order valence-corrected chi connectivity index (χ0v) is 24.3. The molecule has 1 atom stereocenters. The van der Waals surface area contributed by atoms with Crippen molar-refractivity contribution in [2.24, 2.45) is 0 Å². The van der Waals surface area contributed by atoms with Gasteiger partial charge >= 0.3 is 5.97 Å². The molecular weight excluding hydrogens is 616 g/mol. The molecule has 196 valence electrons. The Bertz CT molecular complexity index is 1410. The van der Waals surface area contributed by atoms with Crippen molar-refractivity contribution in [1.29, 1.82) is 0 Å². The number of nitrogens with one attached hydrogen (secondary N) is 1. The van der Waals surface area contributed by atoms with Crippen molar-refractivity contribution in [2.45, 2.75) is 38.8 Å². The fraction of sp³-hybridized carbons (Fsp3) is 0.241. The quantitative estimate of drug-likeness (QED) is 0.266. The first-order valence-corrected chi connectivity index (χ1v) is 13.6. The zero-order chi connectivity index (χ0) is 27.6. The summed E-state index contributed by atoms with van der Waals surface area (Å²) in [6.07, 6.45) is 0.377. The molecule has 1 unspecified atom stereocenters. The molecule has 0 saturated carbocycles. The van der Waals surface area contributed by atoms with Crippen LogP contribution < -0.4 is 10.2 Å². The molecule has 1 aliphatic rings. The zero-order valence-electron chi connectivity index (χ0n) is 21.1. The topological polar surface area (TPSA) is 92.8 Å². The molecule has 3 aromatic rings. The third-order valence-electron chi connectivity index (χ3n) is 5.86. The number of esters is 1. The second kappa shape index (κ2) is 11.2. The molecule has 1 fully saturated rings. The minimum atomic E-state index is -0.776. The maximum absolute atomic E-state index is 13.3. The number of benzene rings is 3. The predicted molar refractivity (Wildman–Crippen MR) is 152 cm³/mol. The third kappa shape index (κ3) is 6.39. The van der Waals surface area contributed by atoms with E-state index in [0.717, 1.165) is 4.47 Å². The molecule has 38 heavy (non-hydrogen) atoms. The van der Waals surface area contributed by atoms with Gasteiger partial charge in [0.05, 0.1) is 11.1 Å². The van der Waals surface area contributed by atoms with Gasteiger partial charge < -0.3 is 15.0 Å². The highest BCUT2D eigenvalue weighted by Crippen LogP contribution is 2.28. The van der Waals surface area contributed by atoms with Crippen LogP contribution in [-0.4, -0.2) is 41.8 Å². The van der Waals surface area contributed by atoms with Crippen LogP contribution in [0.3, 0.4) is 0 Å². The largest absolute Gasteiger partial charge is 0.456 e. The molecule has 3 aromatic carbocycles. The predicted octanol–water partition coefficient (Wildman–Crippen LogP) is 5.93. The molecule has 1 aliphatic heterocycles. The van der Waals surface area contributed by atoms with Gasteiger partial charge in [0.25, 0.3) is 5.91 Å². The molecule has 0 bridgehead atoms. The Labute approximate surface area is 237 Å². The van der Waals surface area contributed by atoms with Crippen molar-refractivity contribution in [2.75, 3.05) is 11.4 Å². The Morgan fingerprint density at radius 1 is 0.895 bits per heavy atom. The molecule has 0 aromatic heterocycles. The van der Waals surface area contributed by atoms with Crippen LogP contribution in [0.1, 0.15) is 63.8 Å². The number of anilines is 1. The van der Waals surface area contributed by atoms with Crippen LogP contribution in [0.25, 0.3) is 0 Å². The number of halogens is 2. The Morgan fingerprint density at radius 3 is 2.21 bits per heavy atom. The number of ketones is 1. The van der Waals surface area contributed by atoms with Gasteiger partial charge in [-0.1, -0.05) is 50.1 Å². The Balaban J connectivity index is 1.51. The summed E-state index contributed by atoms with van der Waals surface area (Å²) in [4.78, 5) is 53.7. The van der Waals surface area contributed by atoms with Crippen LogP contribution in [0, 0.1) is 0 Å². The summed E-state index contributed by atoms with van der Waals surface area (Å²) >= 11 is 6.76. The second-order valence-electron chi connectivity index (χ2n) is 9.89. The van der Waals surface area contributed by atoms with Crippen LogP contribution in [-0.2, 0) is 9.53 Å². The highest BCUT2D eigenvalue weighted by molar-refractivity contribution is 9.10. The maximum atomic E-state index is 13.3. The van der Waals surface area contributed by atoms with Gasteiger partial charge in [-0.3, -0.25) is 14.4 Å². The monoisotopic (exact) mass is 640 g/mol. The van der Waals surface area contributed by atoms with Gasteiger partial charge in [-0.2, -0.15) is 0 Å². The summed E-state index contributed by atoms with van der Waals surface area (Å²) in [6, 6.07) is 17.6. The van der Waals surface area contributed by atoms with E-state index < -0.39 is 23.5 Å². The molecule has 7 nitrogen and oxygen atoms in total. The Kier molecular flexibility index (Phi) is 8.18. The summed E-state index contributed by atoms with van der Waals surface area (Å²) in [5.74, 6) is -1.59. The number of ether oxygens (including phenoxy) is 1. The van der Waals surface area contributed by atoms with Gasteiger partial charge in [-0.15, -0.1) is 0 Å². The summed E-state index contributed by atoms with van der Waals surface area (Å²) in [6.45, 7) is 5.70. The van der Waals surface area contributed by atoms with Crippen LogP contribution in [0.4, 0.5) is 5.69 Å². The molecule has 1 heterocycles. The molecule has 9 heteroatoms. The fourth-order valence-corrected chi connectivity index (χ4v) is 4.87. The van der Waals surface area contributed by atoms with Crippen molar-refractivity contribution in [3.8, 4) is 0 Å². The van der Waals surface area contributed by atoms with Gasteiger partial charge in [-0.05, 0) is 75.7 Å². The van der Waals surface area contributed by atoms with E-state index in [0.29, 0.717) is 34.3 Å². The minimum absolute atomic E-state index is 0.196. The fourth-order valence-electron chi connectivity index (χ4n) is 4.13. The molecule has 0 spiro atoms. The normalized spacial score (nSPS) is 15.3. The van der Waals surface area contributed by atoms with Crippen LogP contribution in [0.5, 0.6) is 0 Å². The van der Waals surface area contributed by atoms with E-state index in [1.807, 2.05) is 0 Å². The third-order valence-corrected chi connectivity index (χ3v) is 6.85. The number of hydrogen-bond acceptors (Lipinski definition) is 5. The lowest BCUT2D eigenvalue weighted by molar-refractivity contribution is -0.118. The van der Waals surface area contributed by atoms with Gasteiger partial charge in [0.1, 0.15) is 11.6 Å². The van der Waals surface area contributed by atoms with Crippen molar-refractivity contribution < 1.29 is 23.9 Å². The first-order chi connectivity index (χ1) is 17.9. The van der Waals surface area contributed by atoms with Crippen molar-refractivity contribution in [3.63, 3.8) is 0 Å².